The van der Waals surface area contributed by atoms with Crippen molar-refractivity contribution >= 4 is 34.6 Å². The van der Waals surface area contributed by atoms with Crippen LogP contribution in [-0.2, 0) is 6.42 Å². The first-order valence-electron chi connectivity index (χ1n) is 9.38. The number of para-hydroxylation sites is 2. The lowest BCUT2D eigenvalue weighted by Crippen LogP contribution is -2.13. The largest absolute Gasteiger partial charge is 0.389 e. The van der Waals surface area contributed by atoms with Gasteiger partial charge in [-0.05, 0) is 55.9 Å². The molecule has 0 saturated heterocycles. The quantitative estimate of drug-likeness (QED) is 0.299. The van der Waals surface area contributed by atoms with E-state index < -0.39 is 0 Å². The Hall–Kier alpha value is -1.90. The Bertz CT molecular complexity index is 763. The second-order valence-electron chi connectivity index (χ2n) is 6.65. The van der Waals surface area contributed by atoms with E-state index in [-0.39, 0.29) is 0 Å². The zero-order valence-corrected chi connectivity index (χ0v) is 17.5. The molecule has 0 aliphatic rings. The fraction of sp³-hybridized carbons (Fsp3) is 0.304. The van der Waals surface area contributed by atoms with E-state index in [4.69, 9.17) is 23.2 Å². The molecule has 0 saturated carbocycles. The summed E-state index contributed by atoms with van der Waals surface area (Å²) in [5, 5.41) is 7.95. The lowest BCUT2D eigenvalue weighted by atomic mass is 10.00. The first-order valence-corrected chi connectivity index (χ1v) is 10.1. The fourth-order valence-corrected chi connectivity index (χ4v) is 3.29. The van der Waals surface area contributed by atoms with Crippen LogP contribution in [0.15, 0.2) is 66.9 Å². The van der Waals surface area contributed by atoms with Gasteiger partial charge in [-0.3, -0.25) is 0 Å². The van der Waals surface area contributed by atoms with Crippen molar-refractivity contribution in [2.45, 2.75) is 39.0 Å². The summed E-state index contributed by atoms with van der Waals surface area (Å²) in [4.78, 5) is 0. The van der Waals surface area contributed by atoms with Crippen molar-refractivity contribution in [3.8, 4) is 0 Å². The predicted octanol–water partition coefficient (Wildman–Crippen LogP) is 7.52. The summed E-state index contributed by atoms with van der Waals surface area (Å²) in [5.74, 6) is 0. The summed E-state index contributed by atoms with van der Waals surface area (Å²) in [5.41, 5.74) is 5.27. The van der Waals surface area contributed by atoms with Crippen LogP contribution >= 0.6 is 23.2 Å². The van der Waals surface area contributed by atoms with E-state index in [1.165, 1.54) is 11.1 Å². The van der Waals surface area contributed by atoms with Gasteiger partial charge in [-0.15, -0.1) is 0 Å². The molecule has 0 atom stereocenters. The molecule has 144 valence electrons. The lowest BCUT2D eigenvalue weighted by molar-refractivity contribution is 0.662. The highest BCUT2D eigenvalue weighted by molar-refractivity contribution is 6.39. The van der Waals surface area contributed by atoms with Gasteiger partial charge in [0.15, 0.2) is 0 Å². The summed E-state index contributed by atoms with van der Waals surface area (Å²) in [6.07, 6.45) is 5.07. The van der Waals surface area contributed by atoms with Crippen LogP contribution in [0.2, 0.25) is 10.0 Å². The Labute approximate surface area is 173 Å². The van der Waals surface area contributed by atoms with Crippen LogP contribution in [0.25, 0.3) is 0 Å². The average molecular weight is 403 g/mol. The summed E-state index contributed by atoms with van der Waals surface area (Å²) in [6.45, 7) is 11.3. The lowest BCUT2D eigenvalue weighted by Gasteiger charge is -2.15. The monoisotopic (exact) mass is 402 g/mol. The second kappa shape index (κ2) is 11.1. The van der Waals surface area contributed by atoms with Crippen molar-refractivity contribution in [2.75, 3.05) is 11.9 Å². The Morgan fingerprint density at radius 2 is 1.67 bits per heavy atom. The number of hydrogen-bond acceptors (Lipinski definition) is 2. The third-order valence-electron chi connectivity index (χ3n) is 4.44. The fourth-order valence-electron chi connectivity index (χ4n) is 2.80. The van der Waals surface area contributed by atoms with Crippen molar-refractivity contribution < 1.29 is 0 Å². The Morgan fingerprint density at radius 3 is 2.37 bits per heavy atom. The molecule has 0 heterocycles. The summed E-state index contributed by atoms with van der Waals surface area (Å²) in [7, 11) is 0. The van der Waals surface area contributed by atoms with Gasteiger partial charge in [0, 0.05) is 17.9 Å². The van der Waals surface area contributed by atoms with E-state index in [1.807, 2.05) is 36.4 Å². The molecule has 0 bridgehead atoms. The van der Waals surface area contributed by atoms with Gasteiger partial charge < -0.3 is 10.6 Å². The van der Waals surface area contributed by atoms with Gasteiger partial charge in [-0.1, -0.05) is 73.1 Å². The molecule has 0 aliphatic heterocycles. The van der Waals surface area contributed by atoms with Gasteiger partial charge in [0.25, 0.3) is 0 Å². The molecular formula is C23H28Cl2N2. The van der Waals surface area contributed by atoms with Gasteiger partial charge in [0.1, 0.15) is 0 Å². The third-order valence-corrected chi connectivity index (χ3v) is 5.07. The predicted molar refractivity (Wildman–Crippen MR) is 120 cm³/mol. The highest BCUT2D eigenvalue weighted by Gasteiger charge is 2.09. The highest BCUT2D eigenvalue weighted by atomic mass is 35.5. The van der Waals surface area contributed by atoms with Gasteiger partial charge in [0.2, 0.25) is 0 Å². The van der Waals surface area contributed by atoms with E-state index in [2.05, 4.69) is 36.8 Å². The van der Waals surface area contributed by atoms with Gasteiger partial charge in [-0.25, -0.2) is 0 Å². The van der Waals surface area contributed by atoms with Crippen LogP contribution in [0.1, 0.15) is 38.2 Å². The number of benzene rings is 2. The van der Waals surface area contributed by atoms with E-state index in [0.717, 1.165) is 55.7 Å². The number of anilines is 2. The average Bonchev–Trinajstić information content (AvgIpc) is 2.65. The number of nitrogens with one attached hydrogen (secondary N) is 2. The van der Waals surface area contributed by atoms with Gasteiger partial charge in [0.05, 0.1) is 15.7 Å². The van der Waals surface area contributed by atoms with Crippen molar-refractivity contribution in [3.05, 3.63) is 82.5 Å². The normalized spacial score (nSPS) is 10.5. The zero-order chi connectivity index (χ0) is 19.6. The molecule has 2 nitrogen and oxygen atoms in total. The smallest absolute Gasteiger partial charge is 0.0762 e. The third kappa shape index (κ3) is 6.97. The number of hydrogen-bond donors (Lipinski definition) is 2. The molecule has 0 unspecified atom stereocenters. The molecule has 0 spiro atoms. The minimum absolute atomic E-state index is 0.609. The SMILES string of the molecule is C=C(CCCCNC(=C)CC)Cc1ccccc1Nc1c(Cl)cccc1Cl. The van der Waals surface area contributed by atoms with Gasteiger partial charge in [-0.2, -0.15) is 0 Å². The molecule has 4 heteroatoms. The number of rotatable bonds is 11. The first kappa shape index (κ1) is 21.4. The first-order chi connectivity index (χ1) is 13.0. The van der Waals surface area contributed by atoms with Crippen LogP contribution in [-0.4, -0.2) is 6.54 Å². The molecule has 2 rings (SSSR count). The van der Waals surface area contributed by atoms with Crippen molar-refractivity contribution in [1.29, 1.82) is 0 Å². The van der Waals surface area contributed by atoms with Crippen molar-refractivity contribution in [3.63, 3.8) is 0 Å². The molecule has 2 N–H and O–H groups in total. The van der Waals surface area contributed by atoms with Crippen LogP contribution in [0.4, 0.5) is 11.4 Å². The Kier molecular flexibility index (Phi) is 8.77. The standard InChI is InChI=1S/C23H28Cl2N2/c1-4-18(3)26-15-8-7-10-17(2)16-19-11-5-6-14-22(19)27-23-20(24)12-9-13-21(23)25/h5-6,9,11-14,26-27H,2-4,7-8,10,15-16H2,1H3. The van der Waals surface area contributed by atoms with E-state index >= 15 is 0 Å². The topological polar surface area (TPSA) is 24.1 Å². The molecule has 0 radical (unpaired) electrons. The number of unbranched alkanes of at least 4 members (excludes halogenated alkanes) is 1. The van der Waals surface area contributed by atoms with Crippen LogP contribution in [0.3, 0.4) is 0 Å². The van der Waals surface area contributed by atoms with Crippen LogP contribution in [0, 0.1) is 0 Å². The van der Waals surface area contributed by atoms with Crippen LogP contribution < -0.4 is 10.6 Å². The minimum Gasteiger partial charge on any atom is -0.389 e. The van der Waals surface area contributed by atoms with Crippen LogP contribution in [0.5, 0.6) is 0 Å². The zero-order valence-electron chi connectivity index (χ0n) is 16.0. The highest BCUT2D eigenvalue weighted by Crippen LogP contribution is 2.34. The maximum Gasteiger partial charge on any atom is 0.0762 e. The number of allylic oxidation sites excluding steroid dienone is 2. The Balaban J connectivity index is 1.92. The maximum absolute atomic E-state index is 6.29. The summed E-state index contributed by atoms with van der Waals surface area (Å²) >= 11 is 12.6. The molecular weight excluding hydrogens is 375 g/mol. The number of halogens is 2. The summed E-state index contributed by atoms with van der Waals surface area (Å²) < 4.78 is 0. The Morgan fingerprint density at radius 1 is 0.963 bits per heavy atom. The summed E-state index contributed by atoms with van der Waals surface area (Å²) in [6, 6.07) is 13.7. The van der Waals surface area contributed by atoms with Gasteiger partial charge >= 0.3 is 0 Å². The molecule has 0 amide bonds. The van der Waals surface area contributed by atoms with Crippen molar-refractivity contribution in [1.82, 2.24) is 5.32 Å². The van der Waals surface area contributed by atoms with E-state index in [0.29, 0.717) is 10.0 Å². The molecule has 0 aliphatic carbocycles. The second-order valence-corrected chi connectivity index (χ2v) is 7.46. The molecule has 27 heavy (non-hydrogen) atoms. The molecule has 2 aromatic rings. The molecule has 0 aromatic heterocycles. The van der Waals surface area contributed by atoms with Crippen molar-refractivity contribution in [2.24, 2.45) is 0 Å². The van der Waals surface area contributed by atoms with E-state index in [9.17, 15) is 0 Å². The molecule has 0 fully saturated rings. The van der Waals surface area contributed by atoms with E-state index in [1.54, 1.807) is 0 Å². The molecule has 2 aromatic carbocycles. The minimum atomic E-state index is 0.609. The maximum atomic E-state index is 6.29.